The van der Waals surface area contributed by atoms with Crippen LogP contribution in [-0.2, 0) is 11.2 Å². The Morgan fingerprint density at radius 3 is 2.74 bits per heavy atom. The van der Waals surface area contributed by atoms with Crippen molar-refractivity contribution in [2.45, 2.75) is 12.5 Å². The number of hydrogen-bond acceptors (Lipinski definition) is 4. The molecule has 19 heavy (non-hydrogen) atoms. The Hall–Kier alpha value is -1.98. The van der Waals surface area contributed by atoms with Crippen LogP contribution >= 0.6 is 11.6 Å². The number of benzene rings is 1. The van der Waals surface area contributed by atoms with Gasteiger partial charge in [-0.25, -0.2) is 9.97 Å². The van der Waals surface area contributed by atoms with E-state index in [1.807, 2.05) is 30.3 Å². The molecule has 0 aliphatic heterocycles. The number of aromatic nitrogens is 2. The lowest BCUT2D eigenvalue weighted by atomic mass is 10.1. The van der Waals surface area contributed by atoms with Crippen LogP contribution in [0.3, 0.4) is 0 Å². The van der Waals surface area contributed by atoms with Crippen LogP contribution in [-0.4, -0.2) is 21.9 Å². The van der Waals surface area contributed by atoms with Gasteiger partial charge in [0.05, 0.1) is 6.04 Å². The molecule has 1 atom stereocenters. The zero-order valence-corrected chi connectivity index (χ0v) is 10.8. The predicted octanol–water partition coefficient (Wildman–Crippen LogP) is 1.64. The standard InChI is InChI=1S/C13H13ClN4O/c14-13-16-7-6-11(18-13)17-12(19)10(15)8-9-4-2-1-3-5-9/h1-7,10H,8,15H2,(H,16,17,18,19)/t10-/m0/s1. The lowest BCUT2D eigenvalue weighted by Crippen LogP contribution is -2.37. The molecule has 0 aliphatic rings. The first kappa shape index (κ1) is 13.5. The summed E-state index contributed by atoms with van der Waals surface area (Å²) in [6.07, 6.45) is 1.93. The fraction of sp³-hybridized carbons (Fsp3) is 0.154. The summed E-state index contributed by atoms with van der Waals surface area (Å²) in [5.41, 5.74) is 6.85. The Balaban J connectivity index is 1.96. The molecule has 1 heterocycles. The second-order valence-electron chi connectivity index (χ2n) is 4.00. The number of halogens is 1. The zero-order valence-electron chi connectivity index (χ0n) is 10.1. The maximum absolute atomic E-state index is 11.9. The van der Waals surface area contributed by atoms with E-state index in [1.54, 1.807) is 6.07 Å². The van der Waals surface area contributed by atoms with Gasteiger partial charge in [-0.1, -0.05) is 30.3 Å². The van der Waals surface area contributed by atoms with Gasteiger partial charge in [-0.05, 0) is 29.7 Å². The lowest BCUT2D eigenvalue weighted by Gasteiger charge is -2.11. The Kier molecular flexibility index (Phi) is 4.43. The molecule has 0 fully saturated rings. The van der Waals surface area contributed by atoms with Crippen molar-refractivity contribution in [3.8, 4) is 0 Å². The molecule has 0 unspecified atom stereocenters. The second kappa shape index (κ2) is 6.26. The van der Waals surface area contributed by atoms with E-state index in [-0.39, 0.29) is 11.2 Å². The number of nitrogens with one attached hydrogen (secondary N) is 1. The number of amides is 1. The monoisotopic (exact) mass is 276 g/mol. The molecule has 0 spiro atoms. The molecular formula is C13H13ClN4O. The summed E-state index contributed by atoms with van der Waals surface area (Å²) in [5.74, 6) is 0.0344. The summed E-state index contributed by atoms with van der Waals surface area (Å²) in [7, 11) is 0. The topological polar surface area (TPSA) is 80.9 Å². The van der Waals surface area contributed by atoms with Crippen molar-refractivity contribution in [1.29, 1.82) is 0 Å². The van der Waals surface area contributed by atoms with Crippen molar-refractivity contribution in [1.82, 2.24) is 9.97 Å². The summed E-state index contributed by atoms with van der Waals surface area (Å²) in [6.45, 7) is 0. The zero-order chi connectivity index (χ0) is 13.7. The number of hydrogen-bond donors (Lipinski definition) is 2. The summed E-state index contributed by atoms with van der Waals surface area (Å²) >= 11 is 5.63. The Bertz CT molecular complexity index is 562. The highest BCUT2D eigenvalue weighted by molar-refractivity contribution is 6.28. The van der Waals surface area contributed by atoms with E-state index in [1.165, 1.54) is 6.20 Å². The van der Waals surface area contributed by atoms with E-state index >= 15 is 0 Å². The fourth-order valence-electron chi connectivity index (χ4n) is 1.58. The third kappa shape index (κ3) is 4.01. The molecule has 6 heteroatoms. The second-order valence-corrected chi connectivity index (χ2v) is 4.33. The van der Waals surface area contributed by atoms with E-state index in [0.29, 0.717) is 12.2 Å². The van der Waals surface area contributed by atoms with Crippen molar-refractivity contribution in [2.24, 2.45) is 5.73 Å². The number of nitrogens with two attached hydrogens (primary N) is 1. The Morgan fingerprint density at radius 1 is 1.32 bits per heavy atom. The van der Waals surface area contributed by atoms with Gasteiger partial charge >= 0.3 is 0 Å². The smallest absolute Gasteiger partial charge is 0.242 e. The van der Waals surface area contributed by atoms with Crippen molar-refractivity contribution in [2.75, 3.05) is 5.32 Å². The van der Waals surface area contributed by atoms with Crippen LogP contribution in [0.4, 0.5) is 5.82 Å². The molecule has 1 aromatic heterocycles. The fourth-order valence-corrected chi connectivity index (χ4v) is 1.73. The number of carbonyl (C=O) groups is 1. The molecule has 0 saturated heterocycles. The van der Waals surface area contributed by atoms with Crippen LogP contribution in [0.1, 0.15) is 5.56 Å². The molecule has 1 amide bonds. The molecule has 1 aromatic carbocycles. The predicted molar refractivity (Wildman–Crippen MR) is 73.8 cm³/mol. The molecule has 0 saturated carbocycles. The average Bonchev–Trinajstić information content (AvgIpc) is 2.40. The van der Waals surface area contributed by atoms with Crippen LogP contribution < -0.4 is 11.1 Å². The molecule has 5 nitrogen and oxygen atoms in total. The van der Waals surface area contributed by atoms with Crippen LogP contribution in [0.5, 0.6) is 0 Å². The Labute approximate surface area is 115 Å². The van der Waals surface area contributed by atoms with Crippen molar-refractivity contribution >= 4 is 23.3 Å². The van der Waals surface area contributed by atoms with E-state index in [4.69, 9.17) is 17.3 Å². The first-order valence-corrected chi connectivity index (χ1v) is 6.12. The van der Waals surface area contributed by atoms with Gasteiger partial charge in [-0.2, -0.15) is 0 Å². The van der Waals surface area contributed by atoms with E-state index in [9.17, 15) is 4.79 Å². The highest BCUT2D eigenvalue weighted by atomic mass is 35.5. The summed E-state index contributed by atoms with van der Waals surface area (Å²) in [4.78, 5) is 19.5. The Morgan fingerprint density at radius 2 is 2.05 bits per heavy atom. The largest absolute Gasteiger partial charge is 0.320 e. The molecule has 0 bridgehead atoms. The third-order valence-electron chi connectivity index (χ3n) is 2.51. The van der Waals surface area contributed by atoms with Gasteiger partial charge in [-0.3, -0.25) is 4.79 Å². The first-order valence-electron chi connectivity index (χ1n) is 5.74. The van der Waals surface area contributed by atoms with Crippen LogP contribution in [0.2, 0.25) is 5.28 Å². The molecule has 98 valence electrons. The minimum atomic E-state index is -0.642. The van der Waals surface area contributed by atoms with Gasteiger partial charge in [0.15, 0.2) is 0 Å². The van der Waals surface area contributed by atoms with Gasteiger partial charge < -0.3 is 11.1 Å². The van der Waals surface area contributed by atoms with Gasteiger partial charge in [-0.15, -0.1) is 0 Å². The summed E-state index contributed by atoms with van der Waals surface area (Å²) in [5, 5.41) is 2.68. The highest BCUT2D eigenvalue weighted by Gasteiger charge is 2.14. The van der Waals surface area contributed by atoms with Crippen LogP contribution in [0.15, 0.2) is 42.6 Å². The quantitative estimate of drug-likeness (QED) is 0.832. The van der Waals surface area contributed by atoms with Gasteiger partial charge in [0.25, 0.3) is 0 Å². The minimum Gasteiger partial charge on any atom is -0.320 e. The normalized spacial score (nSPS) is 11.9. The van der Waals surface area contributed by atoms with Crippen molar-refractivity contribution in [3.63, 3.8) is 0 Å². The molecule has 0 aliphatic carbocycles. The third-order valence-corrected chi connectivity index (χ3v) is 2.69. The number of anilines is 1. The maximum atomic E-state index is 11.9. The summed E-state index contributed by atoms with van der Waals surface area (Å²) < 4.78 is 0. The lowest BCUT2D eigenvalue weighted by molar-refractivity contribution is -0.117. The maximum Gasteiger partial charge on any atom is 0.242 e. The van der Waals surface area contributed by atoms with Gasteiger partial charge in [0, 0.05) is 6.20 Å². The highest BCUT2D eigenvalue weighted by Crippen LogP contribution is 2.07. The van der Waals surface area contributed by atoms with E-state index in [2.05, 4.69) is 15.3 Å². The molecule has 3 N–H and O–H groups in total. The number of rotatable bonds is 4. The van der Waals surface area contributed by atoms with E-state index < -0.39 is 6.04 Å². The number of carbonyl (C=O) groups excluding carboxylic acids is 1. The van der Waals surface area contributed by atoms with Gasteiger partial charge in [0.2, 0.25) is 11.2 Å². The van der Waals surface area contributed by atoms with Crippen LogP contribution in [0, 0.1) is 0 Å². The number of nitrogens with zero attached hydrogens (tertiary/aromatic N) is 2. The van der Waals surface area contributed by atoms with Crippen molar-refractivity contribution in [3.05, 3.63) is 53.4 Å². The molecular weight excluding hydrogens is 264 g/mol. The van der Waals surface area contributed by atoms with Crippen molar-refractivity contribution < 1.29 is 4.79 Å². The SMILES string of the molecule is N[C@@H](Cc1ccccc1)C(=O)Nc1ccnc(Cl)n1. The summed E-state index contributed by atoms with van der Waals surface area (Å²) in [6, 6.07) is 10.5. The first-order chi connectivity index (χ1) is 9.15. The van der Waals surface area contributed by atoms with E-state index in [0.717, 1.165) is 5.56 Å². The molecule has 0 radical (unpaired) electrons. The van der Waals surface area contributed by atoms with Crippen LogP contribution in [0.25, 0.3) is 0 Å². The minimum absolute atomic E-state index is 0.0782. The van der Waals surface area contributed by atoms with Gasteiger partial charge in [0.1, 0.15) is 5.82 Å². The molecule has 2 aromatic rings. The average molecular weight is 277 g/mol. The molecule has 2 rings (SSSR count).